The van der Waals surface area contributed by atoms with Crippen molar-refractivity contribution in [1.29, 1.82) is 0 Å². The van der Waals surface area contributed by atoms with E-state index in [4.69, 9.17) is 5.11 Å². The largest absolute Gasteiger partial charge is 0.396 e. The van der Waals surface area contributed by atoms with Crippen LogP contribution in [-0.4, -0.2) is 30.2 Å². The van der Waals surface area contributed by atoms with Crippen LogP contribution in [0.5, 0.6) is 0 Å². The number of aliphatic hydroxyl groups excluding tert-OH is 1. The molecule has 1 amide bonds. The highest BCUT2D eigenvalue weighted by atomic mass is 16.3. The van der Waals surface area contributed by atoms with E-state index in [0.29, 0.717) is 6.42 Å². The number of aliphatic hydroxyl groups is 1. The molecule has 4 heteroatoms. The molecular formula is C18H30N2O2. The highest BCUT2D eigenvalue weighted by Gasteiger charge is 2.18. The van der Waals surface area contributed by atoms with Crippen LogP contribution in [0.2, 0.25) is 0 Å². The Bertz CT molecular complexity index is 498. The molecule has 0 radical (unpaired) electrons. The smallest absolute Gasteiger partial charge is 0.225 e. The van der Waals surface area contributed by atoms with E-state index in [1.807, 2.05) is 32.9 Å². The lowest BCUT2D eigenvalue weighted by molar-refractivity contribution is -0.116. The monoisotopic (exact) mass is 306 g/mol. The van der Waals surface area contributed by atoms with Gasteiger partial charge < -0.3 is 15.7 Å². The predicted octanol–water partition coefficient (Wildman–Crippen LogP) is 3.02. The maximum Gasteiger partial charge on any atom is 0.225 e. The molecule has 1 atom stereocenters. The van der Waals surface area contributed by atoms with Crippen LogP contribution in [0.1, 0.15) is 44.7 Å². The molecule has 22 heavy (non-hydrogen) atoms. The molecule has 124 valence electrons. The molecule has 0 aliphatic heterocycles. The Kier molecular flexibility index (Phi) is 7.04. The SMILES string of the molecule is Cc1ccc(NC(=O)CC(C)NCC(C)(C)CCO)c(C)c1. The van der Waals surface area contributed by atoms with Gasteiger partial charge in [-0.25, -0.2) is 0 Å². The standard InChI is InChI=1S/C18H30N2O2/c1-13-6-7-16(14(2)10-13)20-17(22)11-15(3)19-12-18(4,5)8-9-21/h6-7,10,15,19,21H,8-9,11-12H2,1-5H3,(H,20,22). The van der Waals surface area contributed by atoms with E-state index in [1.165, 1.54) is 5.56 Å². The van der Waals surface area contributed by atoms with Crippen molar-refractivity contribution < 1.29 is 9.90 Å². The van der Waals surface area contributed by atoms with Gasteiger partial charge in [0.25, 0.3) is 0 Å². The highest BCUT2D eigenvalue weighted by molar-refractivity contribution is 5.91. The van der Waals surface area contributed by atoms with Crippen LogP contribution >= 0.6 is 0 Å². The molecule has 0 aliphatic carbocycles. The zero-order chi connectivity index (χ0) is 16.8. The molecule has 0 saturated heterocycles. The van der Waals surface area contributed by atoms with Gasteiger partial charge in [-0.2, -0.15) is 0 Å². The van der Waals surface area contributed by atoms with Crippen molar-refractivity contribution in [2.24, 2.45) is 5.41 Å². The van der Waals surface area contributed by atoms with Gasteiger partial charge in [-0.1, -0.05) is 31.5 Å². The summed E-state index contributed by atoms with van der Waals surface area (Å²) in [6, 6.07) is 6.12. The average Bonchev–Trinajstić information content (AvgIpc) is 2.40. The van der Waals surface area contributed by atoms with Crippen molar-refractivity contribution in [3.8, 4) is 0 Å². The maximum atomic E-state index is 12.1. The van der Waals surface area contributed by atoms with E-state index >= 15 is 0 Å². The highest BCUT2D eigenvalue weighted by Crippen LogP contribution is 2.19. The van der Waals surface area contributed by atoms with Crippen molar-refractivity contribution in [3.05, 3.63) is 29.3 Å². The predicted molar refractivity (Wildman–Crippen MR) is 92.1 cm³/mol. The first-order chi connectivity index (χ1) is 10.2. The molecule has 1 aromatic rings. The minimum atomic E-state index is 0.0203. The Morgan fingerprint density at radius 1 is 1.32 bits per heavy atom. The van der Waals surface area contributed by atoms with Gasteiger partial charge >= 0.3 is 0 Å². The zero-order valence-electron chi connectivity index (χ0n) is 14.5. The first-order valence-electron chi connectivity index (χ1n) is 7.95. The number of hydrogen-bond acceptors (Lipinski definition) is 3. The fraction of sp³-hybridized carbons (Fsp3) is 0.611. The molecule has 0 spiro atoms. The lowest BCUT2D eigenvalue weighted by Crippen LogP contribution is -2.37. The Balaban J connectivity index is 2.44. The maximum absolute atomic E-state index is 12.1. The van der Waals surface area contributed by atoms with Crippen molar-refractivity contribution in [3.63, 3.8) is 0 Å². The van der Waals surface area contributed by atoms with Crippen molar-refractivity contribution in [1.82, 2.24) is 5.32 Å². The number of carbonyl (C=O) groups excluding carboxylic acids is 1. The molecule has 1 aromatic carbocycles. The van der Waals surface area contributed by atoms with E-state index in [9.17, 15) is 4.79 Å². The van der Waals surface area contributed by atoms with Gasteiger partial charge in [0, 0.05) is 31.3 Å². The van der Waals surface area contributed by atoms with Crippen molar-refractivity contribution in [2.75, 3.05) is 18.5 Å². The summed E-state index contributed by atoms with van der Waals surface area (Å²) in [6.07, 6.45) is 1.18. The average molecular weight is 306 g/mol. The Hall–Kier alpha value is -1.39. The third kappa shape index (κ3) is 6.58. The van der Waals surface area contributed by atoms with Gasteiger partial charge in [0.2, 0.25) is 5.91 Å². The van der Waals surface area contributed by atoms with Gasteiger partial charge in [-0.05, 0) is 44.2 Å². The van der Waals surface area contributed by atoms with Gasteiger partial charge in [-0.3, -0.25) is 4.79 Å². The van der Waals surface area contributed by atoms with Crippen LogP contribution in [0.25, 0.3) is 0 Å². The van der Waals surface area contributed by atoms with Crippen LogP contribution in [0.3, 0.4) is 0 Å². The van der Waals surface area contributed by atoms with Gasteiger partial charge in [0.1, 0.15) is 0 Å². The number of anilines is 1. The van der Waals surface area contributed by atoms with E-state index in [-0.39, 0.29) is 24.0 Å². The molecule has 0 saturated carbocycles. The summed E-state index contributed by atoms with van der Waals surface area (Å²) in [6.45, 7) is 11.2. The molecule has 1 rings (SSSR count). The van der Waals surface area contributed by atoms with Gasteiger partial charge in [0.15, 0.2) is 0 Å². The molecule has 3 N–H and O–H groups in total. The third-order valence-electron chi connectivity index (χ3n) is 3.87. The van der Waals surface area contributed by atoms with Crippen LogP contribution in [0.15, 0.2) is 18.2 Å². The Morgan fingerprint density at radius 3 is 2.59 bits per heavy atom. The first-order valence-corrected chi connectivity index (χ1v) is 7.95. The van der Waals surface area contributed by atoms with Gasteiger partial charge in [0.05, 0.1) is 0 Å². The second-order valence-electron chi connectivity index (χ2n) is 6.99. The van der Waals surface area contributed by atoms with E-state index in [1.54, 1.807) is 0 Å². The molecule has 0 heterocycles. The molecule has 0 fully saturated rings. The fourth-order valence-corrected chi connectivity index (χ4v) is 2.35. The lowest BCUT2D eigenvalue weighted by atomic mass is 9.89. The summed E-state index contributed by atoms with van der Waals surface area (Å²) in [5.74, 6) is 0.0203. The molecule has 1 unspecified atom stereocenters. The number of hydrogen-bond donors (Lipinski definition) is 3. The number of aryl methyl sites for hydroxylation is 2. The summed E-state index contributed by atoms with van der Waals surface area (Å²) < 4.78 is 0. The third-order valence-corrected chi connectivity index (χ3v) is 3.87. The number of amides is 1. The Labute approximate surface area is 134 Å². The summed E-state index contributed by atoms with van der Waals surface area (Å²) in [5.41, 5.74) is 3.19. The lowest BCUT2D eigenvalue weighted by Gasteiger charge is -2.26. The van der Waals surface area contributed by atoms with Crippen LogP contribution in [0.4, 0.5) is 5.69 Å². The fourth-order valence-electron chi connectivity index (χ4n) is 2.35. The first kappa shape index (κ1) is 18.7. The summed E-state index contributed by atoms with van der Waals surface area (Å²) in [4.78, 5) is 12.1. The minimum absolute atomic E-state index is 0.0203. The second-order valence-corrected chi connectivity index (χ2v) is 6.99. The van der Waals surface area contributed by atoms with Crippen molar-refractivity contribution in [2.45, 2.75) is 53.5 Å². The quantitative estimate of drug-likeness (QED) is 0.692. The van der Waals surface area contributed by atoms with E-state index in [0.717, 1.165) is 24.2 Å². The topological polar surface area (TPSA) is 61.4 Å². The van der Waals surface area contributed by atoms with Crippen molar-refractivity contribution >= 4 is 11.6 Å². The molecule has 4 nitrogen and oxygen atoms in total. The van der Waals surface area contributed by atoms with E-state index in [2.05, 4.69) is 30.5 Å². The number of carbonyl (C=O) groups is 1. The molecule has 0 aromatic heterocycles. The van der Waals surface area contributed by atoms with Crippen LogP contribution in [-0.2, 0) is 4.79 Å². The number of rotatable bonds is 8. The van der Waals surface area contributed by atoms with Gasteiger partial charge in [-0.15, -0.1) is 0 Å². The summed E-state index contributed by atoms with van der Waals surface area (Å²) >= 11 is 0. The van der Waals surface area contributed by atoms with E-state index < -0.39 is 0 Å². The second kappa shape index (κ2) is 8.30. The number of benzene rings is 1. The van der Waals surface area contributed by atoms with Crippen LogP contribution < -0.4 is 10.6 Å². The Morgan fingerprint density at radius 2 is 2.00 bits per heavy atom. The molecular weight excluding hydrogens is 276 g/mol. The normalized spacial score (nSPS) is 13.0. The minimum Gasteiger partial charge on any atom is -0.396 e. The molecule has 0 bridgehead atoms. The zero-order valence-corrected chi connectivity index (χ0v) is 14.5. The number of nitrogens with one attached hydrogen (secondary N) is 2. The molecule has 0 aliphatic rings. The van der Waals surface area contributed by atoms with Crippen LogP contribution in [0, 0.1) is 19.3 Å². The summed E-state index contributed by atoms with van der Waals surface area (Å²) in [7, 11) is 0. The summed E-state index contributed by atoms with van der Waals surface area (Å²) in [5, 5.41) is 15.4.